The van der Waals surface area contributed by atoms with Crippen LogP contribution in [0.1, 0.15) is 47.0 Å². The lowest BCUT2D eigenvalue weighted by Crippen LogP contribution is -2.61. The second kappa shape index (κ2) is 4.71. The summed E-state index contributed by atoms with van der Waals surface area (Å²) in [4.78, 5) is 25.9. The molecule has 0 aromatic rings. The summed E-state index contributed by atoms with van der Waals surface area (Å²) in [6.07, 6.45) is 4.89. The second-order valence-corrected chi connectivity index (χ2v) is 5.75. The van der Waals surface area contributed by atoms with Crippen molar-refractivity contribution in [1.82, 2.24) is 4.90 Å². The summed E-state index contributed by atoms with van der Waals surface area (Å²) < 4.78 is 0. The molecule has 2 fully saturated rings. The van der Waals surface area contributed by atoms with Crippen molar-refractivity contribution in [3.05, 3.63) is 22.8 Å². The summed E-state index contributed by atoms with van der Waals surface area (Å²) >= 11 is 0. The van der Waals surface area contributed by atoms with E-state index < -0.39 is 0 Å². The Morgan fingerprint density at radius 3 is 2.44 bits per heavy atom. The van der Waals surface area contributed by atoms with Gasteiger partial charge in [0.25, 0.3) is 5.91 Å². The van der Waals surface area contributed by atoms with Crippen LogP contribution in [0.2, 0.25) is 0 Å². The molecule has 0 aromatic carbocycles. The largest absolute Gasteiger partial charge is 0.274 e. The Hall–Kier alpha value is -1.38. The quantitative estimate of drug-likeness (QED) is 0.427. The second-order valence-electron chi connectivity index (χ2n) is 5.75. The van der Waals surface area contributed by atoms with Crippen molar-refractivity contribution >= 4 is 11.8 Å². The van der Waals surface area contributed by atoms with Crippen molar-refractivity contribution in [2.75, 3.05) is 0 Å². The third-order valence-electron chi connectivity index (χ3n) is 3.79. The minimum Gasteiger partial charge on any atom is -0.274 e. The molecule has 2 rings (SSSR count). The molecule has 18 heavy (non-hydrogen) atoms. The normalized spacial score (nSPS) is 25.3. The molecule has 1 aliphatic heterocycles. The molecule has 1 heterocycles. The van der Waals surface area contributed by atoms with E-state index in [0.717, 1.165) is 30.4 Å². The maximum absolute atomic E-state index is 12.5. The van der Waals surface area contributed by atoms with Crippen LogP contribution in [0.15, 0.2) is 22.8 Å². The number of hydrogen-bond acceptors (Lipinski definition) is 2. The van der Waals surface area contributed by atoms with Crippen LogP contribution in [-0.2, 0) is 9.59 Å². The molecular weight excluding hydrogens is 226 g/mol. The maximum atomic E-state index is 12.5. The topological polar surface area (TPSA) is 37.4 Å². The number of likely N-dealkylation sites (tertiary alicyclic amines) is 1. The Bertz CT molecular complexity index is 451. The van der Waals surface area contributed by atoms with Crippen LogP contribution in [0.3, 0.4) is 0 Å². The minimum atomic E-state index is -0.107. The molecule has 0 spiro atoms. The lowest BCUT2D eigenvalue weighted by molar-refractivity contribution is -0.161. The van der Waals surface area contributed by atoms with E-state index in [1.807, 2.05) is 33.8 Å². The SMILES string of the molecule is CC(C)=CC(C(=O)N1C(=O)C2CCCC21)=C(C)C. The van der Waals surface area contributed by atoms with Gasteiger partial charge in [0.2, 0.25) is 5.91 Å². The molecule has 2 atom stereocenters. The van der Waals surface area contributed by atoms with Crippen LogP contribution >= 0.6 is 0 Å². The number of fused-ring (bicyclic) bond motifs is 1. The lowest BCUT2D eigenvalue weighted by atomic mass is 9.89. The average molecular weight is 247 g/mol. The summed E-state index contributed by atoms with van der Waals surface area (Å²) in [6.45, 7) is 7.77. The van der Waals surface area contributed by atoms with Gasteiger partial charge in [-0.3, -0.25) is 14.5 Å². The molecule has 2 aliphatic rings. The molecular formula is C15H21NO2. The van der Waals surface area contributed by atoms with Crippen LogP contribution in [0.25, 0.3) is 0 Å². The zero-order valence-electron chi connectivity index (χ0n) is 11.6. The highest BCUT2D eigenvalue weighted by Crippen LogP contribution is 2.41. The molecule has 2 unspecified atom stereocenters. The van der Waals surface area contributed by atoms with E-state index in [0.29, 0.717) is 5.57 Å². The van der Waals surface area contributed by atoms with Gasteiger partial charge in [-0.25, -0.2) is 0 Å². The Balaban J connectivity index is 2.24. The highest BCUT2D eigenvalue weighted by Gasteiger charge is 2.52. The zero-order chi connectivity index (χ0) is 13.4. The number of amides is 2. The van der Waals surface area contributed by atoms with Crippen molar-refractivity contribution in [2.45, 2.75) is 53.0 Å². The lowest BCUT2D eigenvalue weighted by Gasteiger charge is -2.42. The van der Waals surface area contributed by atoms with E-state index in [-0.39, 0.29) is 23.8 Å². The fraction of sp³-hybridized carbons (Fsp3) is 0.600. The Morgan fingerprint density at radius 2 is 1.89 bits per heavy atom. The summed E-state index contributed by atoms with van der Waals surface area (Å²) in [6, 6.07) is 0.171. The summed E-state index contributed by atoms with van der Waals surface area (Å²) in [7, 11) is 0. The summed E-state index contributed by atoms with van der Waals surface area (Å²) in [5, 5.41) is 0. The molecule has 98 valence electrons. The van der Waals surface area contributed by atoms with Gasteiger partial charge in [0, 0.05) is 5.57 Å². The molecule has 0 radical (unpaired) electrons. The third kappa shape index (κ3) is 2.02. The molecule has 0 N–H and O–H groups in total. The Morgan fingerprint density at radius 1 is 1.22 bits per heavy atom. The fourth-order valence-corrected chi connectivity index (χ4v) is 2.89. The molecule has 3 heteroatoms. The number of hydrogen-bond donors (Lipinski definition) is 0. The number of imide groups is 1. The summed E-state index contributed by atoms with van der Waals surface area (Å²) in [5.41, 5.74) is 2.72. The monoisotopic (exact) mass is 247 g/mol. The van der Waals surface area contributed by atoms with Gasteiger partial charge in [-0.1, -0.05) is 23.6 Å². The number of carbonyl (C=O) groups excluding carboxylic acids is 2. The van der Waals surface area contributed by atoms with E-state index in [4.69, 9.17) is 0 Å². The molecule has 0 bridgehead atoms. The first kappa shape index (κ1) is 13.1. The third-order valence-corrected chi connectivity index (χ3v) is 3.79. The van der Waals surface area contributed by atoms with E-state index in [9.17, 15) is 9.59 Å². The maximum Gasteiger partial charge on any atom is 0.260 e. The first-order valence-corrected chi connectivity index (χ1v) is 6.63. The van der Waals surface area contributed by atoms with Crippen molar-refractivity contribution < 1.29 is 9.59 Å². The first-order valence-electron chi connectivity index (χ1n) is 6.63. The van der Waals surface area contributed by atoms with Gasteiger partial charge in [0.15, 0.2) is 0 Å². The van der Waals surface area contributed by atoms with Gasteiger partial charge in [-0.05, 0) is 40.5 Å². The number of β-lactam (4-membered cyclic amide) rings is 1. The van der Waals surface area contributed by atoms with Crippen LogP contribution in [0.4, 0.5) is 0 Å². The van der Waals surface area contributed by atoms with Crippen LogP contribution in [0.5, 0.6) is 0 Å². The average Bonchev–Trinajstić information content (AvgIpc) is 2.69. The predicted molar refractivity (Wildman–Crippen MR) is 70.8 cm³/mol. The van der Waals surface area contributed by atoms with Crippen molar-refractivity contribution in [3.8, 4) is 0 Å². The molecule has 1 aliphatic carbocycles. The van der Waals surface area contributed by atoms with E-state index in [2.05, 4.69) is 0 Å². The minimum absolute atomic E-state index is 0.0309. The Labute approximate surface area is 109 Å². The van der Waals surface area contributed by atoms with Gasteiger partial charge in [-0.2, -0.15) is 0 Å². The molecule has 0 aromatic heterocycles. The number of rotatable bonds is 2. The zero-order valence-corrected chi connectivity index (χ0v) is 11.6. The molecule has 2 amide bonds. The Kier molecular flexibility index (Phi) is 3.42. The van der Waals surface area contributed by atoms with Gasteiger partial charge in [0.05, 0.1) is 12.0 Å². The standard InChI is InChI=1S/C15H21NO2/c1-9(2)8-12(10(3)4)15(18)16-13-7-5-6-11(13)14(16)17/h8,11,13H,5-7H2,1-4H3. The number of allylic oxidation sites excluding steroid dienone is 2. The molecule has 3 nitrogen and oxygen atoms in total. The highest BCUT2D eigenvalue weighted by atomic mass is 16.2. The smallest absolute Gasteiger partial charge is 0.260 e. The van der Waals surface area contributed by atoms with E-state index in [1.54, 1.807) is 0 Å². The van der Waals surface area contributed by atoms with Gasteiger partial charge >= 0.3 is 0 Å². The van der Waals surface area contributed by atoms with E-state index >= 15 is 0 Å². The molecule has 1 saturated heterocycles. The van der Waals surface area contributed by atoms with Gasteiger partial charge in [0.1, 0.15) is 0 Å². The van der Waals surface area contributed by atoms with E-state index in [1.165, 1.54) is 4.90 Å². The van der Waals surface area contributed by atoms with Crippen molar-refractivity contribution in [3.63, 3.8) is 0 Å². The van der Waals surface area contributed by atoms with Crippen molar-refractivity contribution in [2.24, 2.45) is 5.92 Å². The highest BCUT2D eigenvalue weighted by molar-refractivity contribution is 6.10. The van der Waals surface area contributed by atoms with Crippen molar-refractivity contribution in [1.29, 1.82) is 0 Å². The fourth-order valence-electron chi connectivity index (χ4n) is 2.89. The van der Waals surface area contributed by atoms with Gasteiger partial charge < -0.3 is 0 Å². The van der Waals surface area contributed by atoms with Crippen LogP contribution in [-0.4, -0.2) is 22.8 Å². The van der Waals surface area contributed by atoms with Gasteiger partial charge in [-0.15, -0.1) is 0 Å². The predicted octanol–water partition coefficient (Wildman–Crippen LogP) is 2.83. The van der Waals surface area contributed by atoms with Crippen LogP contribution < -0.4 is 0 Å². The first-order chi connectivity index (χ1) is 8.43. The number of carbonyl (C=O) groups is 2. The number of nitrogens with zero attached hydrogens (tertiary/aromatic N) is 1. The summed E-state index contributed by atoms with van der Waals surface area (Å²) in [5.74, 6) is 0.0480. The van der Waals surface area contributed by atoms with Crippen LogP contribution in [0, 0.1) is 5.92 Å². The molecule has 1 saturated carbocycles.